The van der Waals surface area contributed by atoms with Crippen molar-refractivity contribution in [1.29, 1.82) is 0 Å². The molecule has 0 radical (unpaired) electrons. The van der Waals surface area contributed by atoms with Gasteiger partial charge in [0.15, 0.2) is 5.78 Å². The molecule has 0 saturated carbocycles. The topological polar surface area (TPSA) is 264 Å². The van der Waals surface area contributed by atoms with Gasteiger partial charge in [0.05, 0.1) is 19.7 Å². The highest BCUT2D eigenvalue weighted by atomic mass is 16.6. The number of aryl methyl sites for hydroxylation is 1. The first-order valence-electron chi connectivity index (χ1n) is 28.8. The Morgan fingerprint density at radius 3 is 1.96 bits per heavy atom. The number of Topliss-reactive ketones (excluding diaryl/α,β-unsaturated/α-hetero) is 1. The van der Waals surface area contributed by atoms with Gasteiger partial charge < -0.3 is 61.7 Å². The van der Waals surface area contributed by atoms with Crippen molar-refractivity contribution in [3.63, 3.8) is 0 Å². The zero-order valence-electron chi connectivity index (χ0n) is 46.8. The van der Waals surface area contributed by atoms with Gasteiger partial charge in [-0.2, -0.15) is 0 Å². The Morgan fingerprint density at radius 2 is 1.27 bits per heavy atom. The number of aromatic nitrogens is 1. The quantitative estimate of drug-likeness (QED) is 0.0566. The van der Waals surface area contributed by atoms with Crippen LogP contribution in [0.1, 0.15) is 66.3 Å². The van der Waals surface area contributed by atoms with Gasteiger partial charge in [0, 0.05) is 68.2 Å². The number of ketones is 1. The third-order valence-corrected chi connectivity index (χ3v) is 15.9. The number of nitrogens with zero attached hydrogens (tertiary/aromatic N) is 1. The molecule has 19 heteroatoms. The number of alkyl carbamates (subject to hydrolysis) is 1. The summed E-state index contributed by atoms with van der Waals surface area (Å²) in [6.45, 7) is 1.79. The number of aromatic amines is 1. The Morgan fingerprint density at radius 1 is 0.651 bits per heavy atom. The number of fused-ring (bicyclic) bond motifs is 2. The van der Waals surface area contributed by atoms with Crippen LogP contribution in [0.5, 0.6) is 11.5 Å². The fourth-order valence-electron chi connectivity index (χ4n) is 11.3. The Labute approximate surface area is 483 Å². The number of amides is 6. The number of nitrogens with one attached hydrogen (secondary N) is 7. The first-order chi connectivity index (χ1) is 40.4. The second kappa shape index (κ2) is 28.9. The summed E-state index contributed by atoms with van der Waals surface area (Å²) in [5.74, 6) is -3.38. The van der Waals surface area contributed by atoms with E-state index in [1.165, 1.54) is 12.0 Å². The van der Waals surface area contributed by atoms with Crippen molar-refractivity contribution >= 4 is 52.3 Å². The molecular formula is C64H75N9O10. The van der Waals surface area contributed by atoms with Crippen molar-refractivity contribution in [2.24, 2.45) is 17.6 Å². The van der Waals surface area contributed by atoms with E-state index in [-0.39, 0.29) is 64.1 Å². The number of carbonyl (C=O) groups excluding carboxylic acids is 7. The summed E-state index contributed by atoms with van der Waals surface area (Å²) in [7, 11) is 1.53. The maximum Gasteiger partial charge on any atom is 0.407 e. The Kier molecular flexibility index (Phi) is 20.6. The van der Waals surface area contributed by atoms with Gasteiger partial charge in [-0.25, -0.2) is 4.79 Å². The smallest absolute Gasteiger partial charge is 0.407 e. The minimum Gasteiger partial charge on any atom is -0.497 e. The number of para-hydroxylation sites is 1. The molecule has 0 unspecified atom stereocenters. The van der Waals surface area contributed by atoms with Crippen LogP contribution in [-0.2, 0) is 65.8 Å². The molecule has 19 nitrogen and oxygen atoms in total. The average molecular weight is 1130 g/mol. The number of nitrogens with two attached hydrogens (primary N) is 1. The van der Waals surface area contributed by atoms with Crippen LogP contribution >= 0.6 is 0 Å². The molecule has 3 aliphatic heterocycles. The summed E-state index contributed by atoms with van der Waals surface area (Å²) in [5.41, 5.74) is 10.4. The van der Waals surface area contributed by atoms with Crippen LogP contribution in [0.15, 0.2) is 140 Å². The third-order valence-electron chi connectivity index (χ3n) is 15.9. The number of carbonyl (C=O) groups is 7. The summed E-state index contributed by atoms with van der Waals surface area (Å²) in [5, 5.41) is 18.9. The summed E-state index contributed by atoms with van der Waals surface area (Å²) >= 11 is 0. The molecule has 83 heavy (non-hydrogen) atoms. The van der Waals surface area contributed by atoms with E-state index in [1.807, 2.05) is 97.1 Å². The number of H-pyrrole nitrogens is 1. The van der Waals surface area contributed by atoms with E-state index in [0.717, 1.165) is 53.5 Å². The fraction of sp³-hybridized carbons (Fsp3) is 0.391. The maximum absolute atomic E-state index is 15.5. The van der Waals surface area contributed by atoms with Crippen molar-refractivity contribution in [2.45, 2.75) is 107 Å². The van der Waals surface area contributed by atoms with Gasteiger partial charge in [-0.3, -0.25) is 28.8 Å². The summed E-state index contributed by atoms with van der Waals surface area (Å²) in [6, 6.07) is 34.6. The van der Waals surface area contributed by atoms with Crippen LogP contribution in [0.3, 0.4) is 0 Å². The number of rotatable bonds is 18. The summed E-state index contributed by atoms with van der Waals surface area (Å²) in [6.07, 6.45) is 1.81. The zero-order valence-corrected chi connectivity index (χ0v) is 46.8. The van der Waals surface area contributed by atoms with Crippen molar-refractivity contribution in [2.75, 3.05) is 39.8 Å². The standard InChI is InChI=1S/C64H75N9O10/c1-81-48-21-16-43(17-22-48)34-56-63(79)73-39-50(83-64(80)67-31-28-65)37-57(73)62(78)69-53(25-20-41-10-4-2-5-11-41)60(76)70-54(35-47-38-68-52-15-9-8-14-51(47)52)58(74)36-46(32-44-26-29-66-30-27-44)59(75)71-55(61(77)72-56)33-42-18-23-49(24-19-42)82-40-45-12-6-3-7-13-45/h2-19,21-24,38,44,46,50,53-57,66,68H,20,25-37,39-40,65H2,1H3,(H,67,80)(H,69,78)(H,70,76)(H,71,75)(H,72,77)/t46-,50-,53+,54-,55+,56+,57+/m1/s1. The molecule has 1 aromatic heterocycles. The number of ether oxygens (including phenoxy) is 3. The van der Waals surface area contributed by atoms with E-state index < -0.39 is 83.6 Å². The molecule has 0 bridgehead atoms. The van der Waals surface area contributed by atoms with Crippen LogP contribution in [0.25, 0.3) is 10.9 Å². The molecule has 6 amide bonds. The zero-order chi connectivity index (χ0) is 58.1. The Bertz CT molecular complexity index is 3150. The van der Waals surface area contributed by atoms with Crippen molar-refractivity contribution < 1.29 is 47.8 Å². The lowest BCUT2D eigenvalue weighted by Crippen LogP contribution is -2.60. The number of hydrogen-bond acceptors (Lipinski definition) is 12. The molecule has 4 heterocycles. The average Bonchev–Trinajstić information content (AvgIpc) is 4.38. The van der Waals surface area contributed by atoms with Gasteiger partial charge >= 0.3 is 6.09 Å². The predicted octanol–water partition coefficient (Wildman–Crippen LogP) is 4.99. The van der Waals surface area contributed by atoms with Crippen LogP contribution in [-0.4, -0.2) is 127 Å². The molecule has 436 valence electrons. The summed E-state index contributed by atoms with van der Waals surface area (Å²) in [4.78, 5) is 109. The molecule has 9 N–H and O–H groups in total. The van der Waals surface area contributed by atoms with E-state index in [0.29, 0.717) is 42.1 Å². The first-order valence-corrected chi connectivity index (χ1v) is 28.8. The highest BCUT2D eigenvalue weighted by molar-refractivity contribution is 5.99. The lowest BCUT2D eigenvalue weighted by Gasteiger charge is -2.32. The van der Waals surface area contributed by atoms with Gasteiger partial charge in [-0.1, -0.05) is 103 Å². The molecule has 3 saturated heterocycles. The monoisotopic (exact) mass is 1130 g/mol. The molecular weight excluding hydrogens is 1050 g/mol. The molecule has 0 spiro atoms. The van der Waals surface area contributed by atoms with E-state index >= 15 is 28.8 Å². The van der Waals surface area contributed by atoms with Crippen molar-refractivity contribution in [3.05, 3.63) is 167 Å². The number of hydrogen-bond donors (Lipinski definition) is 8. The van der Waals surface area contributed by atoms with Gasteiger partial charge in [-0.05, 0) is 109 Å². The number of benzene rings is 5. The third kappa shape index (κ3) is 16.3. The molecule has 3 fully saturated rings. The van der Waals surface area contributed by atoms with E-state index in [1.54, 1.807) is 42.6 Å². The predicted molar refractivity (Wildman–Crippen MR) is 313 cm³/mol. The largest absolute Gasteiger partial charge is 0.497 e. The first kappa shape index (κ1) is 59.1. The van der Waals surface area contributed by atoms with Crippen LogP contribution in [0, 0.1) is 11.8 Å². The van der Waals surface area contributed by atoms with E-state index in [4.69, 9.17) is 19.9 Å². The van der Waals surface area contributed by atoms with Crippen LogP contribution in [0.2, 0.25) is 0 Å². The van der Waals surface area contributed by atoms with Crippen molar-refractivity contribution in [1.82, 2.24) is 41.8 Å². The highest BCUT2D eigenvalue weighted by Gasteiger charge is 2.45. The Hall–Kier alpha value is -8.55. The van der Waals surface area contributed by atoms with Gasteiger partial charge in [-0.15, -0.1) is 0 Å². The SMILES string of the molecule is COc1ccc(C[C@@H]2NC(=O)[C@H](Cc3ccc(OCc4ccccc4)cc3)NC(=O)[C@H](CC3CCNCC3)CC(=O)[C@@H](Cc3c[nH]c4ccccc34)NC(=O)[C@H](CCc3ccccc3)NC(=O)[C@@H]3C[C@@H](OC(=O)NCCN)CN3C2=O)cc1. The maximum atomic E-state index is 15.5. The number of methoxy groups -OCH3 is 1. The van der Waals surface area contributed by atoms with Gasteiger partial charge in [0.2, 0.25) is 29.5 Å². The summed E-state index contributed by atoms with van der Waals surface area (Å²) < 4.78 is 17.3. The van der Waals surface area contributed by atoms with E-state index in [2.05, 4.69) is 36.9 Å². The molecule has 3 aliphatic rings. The van der Waals surface area contributed by atoms with Gasteiger partial charge in [0.1, 0.15) is 48.4 Å². The fourth-order valence-corrected chi connectivity index (χ4v) is 11.3. The number of piperidine rings is 1. The lowest BCUT2D eigenvalue weighted by atomic mass is 9.83. The van der Waals surface area contributed by atoms with Gasteiger partial charge in [0.25, 0.3) is 0 Å². The lowest BCUT2D eigenvalue weighted by molar-refractivity contribution is -0.143. The highest BCUT2D eigenvalue weighted by Crippen LogP contribution is 2.28. The molecule has 6 aromatic rings. The Balaban J connectivity index is 1.11. The second-order valence-electron chi connectivity index (χ2n) is 21.8. The van der Waals surface area contributed by atoms with Crippen molar-refractivity contribution in [3.8, 4) is 11.5 Å². The molecule has 7 atom stereocenters. The molecule has 5 aromatic carbocycles. The minimum atomic E-state index is -1.35. The minimum absolute atomic E-state index is 0.0276. The second-order valence-corrected chi connectivity index (χ2v) is 21.8. The van der Waals surface area contributed by atoms with E-state index in [9.17, 15) is 4.79 Å². The van der Waals surface area contributed by atoms with Crippen LogP contribution in [0.4, 0.5) is 4.79 Å². The van der Waals surface area contributed by atoms with Crippen LogP contribution < -0.4 is 47.1 Å². The molecule has 0 aliphatic carbocycles. The normalized spacial score (nSPS) is 22.3. The molecule has 9 rings (SSSR count).